The molecule has 1 N–H and O–H groups in total. The van der Waals surface area contributed by atoms with E-state index in [1.54, 1.807) is 47.4 Å². The van der Waals surface area contributed by atoms with Crippen LogP contribution < -0.4 is 24.4 Å². The summed E-state index contributed by atoms with van der Waals surface area (Å²) < 4.78 is 15.9. The maximum Gasteiger partial charge on any atom is 0.244 e. The fourth-order valence-electron chi connectivity index (χ4n) is 3.29. The van der Waals surface area contributed by atoms with Crippen molar-refractivity contribution in [3.05, 3.63) is 53.1 Å². The Morgan fingerprint density at radius 3 is 2.30 bits per heavy atom. The molecule has 0 aliphatic carbocycles. The van der Waals surface area contributed by atoms with Gasteiger partial charge in [0.15, 0.2) is 11.5 Å². The molecular weight excluding hydrogens is 408 g/mol. The predicted octanol–water partition coefficient (Wildman–Crippen LogP) is 3.30. The number of hydrogen-bond donors (Lipinski definition) is 1. The van der Waals surface area contributed by atoms with E-state index < -0.39 is 0 Å². The Morgan fingerprint density at radius 1 is 1.10 bits per heavy atom. The summed E-state index contributed by atoms with van der Waals surface area (Å²) in [5.74, 6) is 1.14. The topological polar surface area (TPSA) is 77.1 Å². The first-order valence-electron chi connectivity index (χ1n) is 9.29. The number of halogens is 1. The van der Waals surface area contributed by atoms with Gasteiger partial charge < -0.3 is 24.4 Å². The molecule has 0 bridgehead atoms. The highest BCUT2D eigenvalue weighted by atomic mass is 35.5. The average Bonchev–Trinajstić information content (AvgIpc) is 3.11. The largest absolute Gasteiger partial charge is 0.493 e. The summed E-state index contributed by atoms with van der Waals surface area (Å²) in [5, 5.41) is 3.47. The van der Waals surface area contributed by atoms with E-state index in [1.165, 1.54) is 27.4 Å². The molecule has 7 nitrogen and oxygen atoms in total. The standard InChI is InChI=1S/C22H23ClN2O5/c1-28-18-10-14(11-19(29-2)22(18)30-3)4-9-20(26)24-16-12-21(27)25(13-16)17-7-5-15(23)6-8-17/h4-11,16H,12-13H2,1-3H3,(H,24,26)/b9-4+. The molecule has 1 aliphatic rings. The summed E-state index contributed by atoms with van der Waals surface area (Å²) in [4.78, 5) is 26.3. The lowest BCUT2D eigenvalue weighted by Gasteiger charge is -2.17. The monoisotopic (exact) mass is 430 g/mol. The molecule has 158 valence electrons. The Kier molecular flexibility index (Phi) is 6.84. The van der Waals surface area contributed by atoms with Crippen LogP contribution in [0.3, 0.4) is 0 Å². The molecule has 30 heavy (non-hydrogen) atoms. The number of ether oxygens (including phenoxy) is 3. The number of carbonyl (C=O) groups excluding carboxylic acids is 2. The van der Waals surface area contributed by atoms with Gasteiger partial charge in [-0.1, -0.05) is 11.6 Å². The zero-order valence-corrected chi connectivity index (χ0v) is 17.7. The summed E-state index contributed by atoms with van der Waals surface area (Å²) >= 11 is 5.90. The molecule has 0 saturated carbocycles. The Balaban J connectivity index is 1.65. The first-order chi connectivity index (χ1) is 14.4. The smallest absolute Gasteiger partial charge is 0.244 e. The lowest BCUT2D eigenvalue weighted by Crippen LogP contribution is -2.36. The van der Waals surface area contributed by atoms with Crippen LogP contribution >= 0.6 is 11.6 Å². The van der Waals surface area contributed by atoms with E-state index >= 15 is 0 Å². The first-order valence-corrected chi connectivity index (χ1v) is 9.67. The fourth-order valence-corrected chi connectivity index (χ4v) is 3.42. The summed E-state index contributed by atoms with van der Waals surface area (Å²) in [7, 11) is 4.58. The normalized spacial score (nSPS) is 16.1. The van der Waals surface area contributed by atoms with Crippen LogP contribution in [0.2, 0.25) is 5.02 Å². The van der Waals surface area contributed by atoms with Crippen molar-refractivity contribution in [2.75, 3.05) is 32.8 Å². The molecule has 0 aromatic heterocycles. The van der Waals surface area contributed by atoms with E-state index in [0.717, 1.165) is 5.69 Å². The first kappa shape index (κ1) is 21.5. The molecule has 2 aromatic carbocycles. The molecule has 8 heteroatoms. The zero-order valence-electron chi connectivity index (χ0n) is 17.0. The van der Waals surface area contributed by atoms with Crippen molar-refractivity contribution in [1.82, 2.24) is 5.32 Å². The molecule has 1 saturated heterocycles. The van der Waals surface area contributed by atoms with Gasteiger partial charge in [0.1, 0.15) is 0 Å². The number of amides is 2. The number of rotatable bonds is 7. The fraction of sp³-hybridized carbons (Fsp3) is 0.273. The van der Waals surface area contributed by atoms with Crippen LogP contribution in [-0.2, 0) is 9.59 Å². The minimum absolute atomic E-state index is 0.0452. The summed E-state index contributed by atoms with van der Waals surface area (Å²) in [6.45, 7) is 0.407. The maximum atomic E-state index is 12.4. The van der Waals surface area contributed by atoms with Crippen molar-refractivity contribution in [3.63, 3.8) is 0 Å². The molecular formula is C22H23ClN2O5. The zero-order chi connectivity index (χ0) is 21.7. The van der Waals surface area contributed by atoms with Crippen LogP contribution in [-0.4, -0.2) is 45.7 Å². The van der Waals surface area contributed by atoms with Crippen molar-refractivity contribution in [2.45, 2.75) is 12.5 Å². The molecule has 2 aromatic rings. The van der Waals surface area contributed by atoms with E-state index in [4.69, 9.17) is 25.8 Å². The van der Waals surface area contributed by atoms with Crippen molar-refractivity contribution < 1.29 is 23.8 Å². The maximum absolute atomic E-state index is 12.4. The van der Waals surface area contributed by atoms with Crippen LogP contribution in [0.25, 0.3) is 6.08 Å². The van der Waals surface area contributed by atoms with E-state index in [-0.39, 0.29) is 24.3 Å². The highest BCUT2D eigenvalue weighted by molar-refractivity contribution is 6.30. The van der Waals surface area contributed by atoms with Crippen LogP contribution in [0.5, 0.6) is 17.2 Å². The SMILES string of the molecule is COc1cc(/C=C/C(=O)NC2CC(=O)N(c3ccc(Cl)cc3)C2)cc(OC)c1OC. The van der Waals surface area contributed by atoms with Gasteiger partial charge in [-0.3, -0.25) is 9.59 Å². The second-order valence-electron chi connectivity index (χ2n) is 6.68. The predicted molar refractivity (Wildman–Crippen MR) is 115 cm³/mol. The molecule has 1 atom stereocenters. The second kappa shape index (κ2) is 9.54. The van der Waals surface area contributed by atoms with Crippen molar-refractivity contribution in [1.29, 1.82) is 0 Å². The van der Waals surface area contributed by atoms with Gasteiger partial charge in [0.05, 0.1) is 27.4 Å². The van der Waals surface area contributed by atoms with Crippen molar-refractivity contribution in [3.8, 4) is 17.2 Å². The Labute approximate surface area is 180 Å². The van der Waals surface area contributed by atoms with Crippen LogP contribution in [0.15, 0.2) is 42.5 Å². The third kappa shape index (κ3) is 4.86. The van der Waals surface area contributed by atoms with E-state index in [0.29, 0.717) is 34.4 Å². The minimum atomic E-state index is -0.292. The average molecular weight is 431 g/mol. The number of methoxy groups -OCH3 is 3. The quantitative estimate of drug-likeness (QED) is 0.682. The van der Waals surface area contributed by atoms with Gasteiger partial charge in [0.25, 0.3) is 0 Å². The van der Waals surface area contributed by atoms with Gasteiger partial charge in [0, 0.05) is 29.8 Å². The highest BCUT2D eigenvalue weighted by Crippen LogP contribution is 2.38. The number of carbonyl (C=O) groups is 2. The number of nitrogens with one attached hydrogen (secondary N) is 1. The molecule has 1 heterocycles. The van der Waals surface area contributed by atoms with Gasteiger partial charge in [-0.15, -0.1) is 0 Å². The summed E-state index contributed by atoms with van der Waals surface area (Å²) in [6.07, 6.45) is 3.30. The van der Waals surface area contributed by atoms with Crippen molar-refractivity contribution in [2.24, 2.45) is 0 Å². The Morgan fingerprint density at radius 2 is 1.73 bits per heavy atom. The Hall–Kier alpha value is -3.19. The molecule has 3 rings (SSSR count). The Bertz CT molecular complexity index is 933. The number of hydrogen-bond acceptors (Lipinski definition) is 5. The lowest BCUT2D eigenvalue weighted by molar-refractivity contribution is -0.117. The summed E-state index contributed by atoms with van der Waals surface area (Å²) in [6, 6.07) is 10.2. The molecule has 2 amide bonds. The van der Waals surface area contributed by atoms with Gasteiger partial charge in [0.2, 0.25) is 17.6 Å². The highest BCUT2D eigenvalue weighted by Gasteiger charge is 2.31. The van der Waals surface area contributed by atoms with E-state index in [2.05, 4.69) is 5.32 Å². The number of benzene rings is 2. The second-order valence-corrected chi connectivity index (χ2v) is 7.12. The third-order valence-corrected chi connectivity index (χ3v) is 4.98. The molecule has 1 aliphatic heterocycles. The number of anilines is 1. The summed E-state index contributed by atoms with van der Waals surface area (Å²) in [5.41, 5.74) is 1.47. The van der Waals surface area contributed by atoms with E-state index in [9.17, 15) is 9.59 Å². The van der Waals surface area contributed by atoms with Gasteiger partial charge in [-0.2, -0.15) is 0 Å². The van der Waals surface area contributed by atoms with Crippen molar-refractivity contribution >= 4 is 35.2 Å². The van der Waals surface area contributed by atoms with Gasteiger partial charge in [-0.05, 0) is 48.0 Å². The van der Waals surface area contributed by atoms with Gasteiger partial charge in [-0.25, -0.2) is 0 Å². The van der Waals surface area contributed by atoms with Crippen LogP contribution in [0.4, 0.5) is 5.69 Å². The minimum Gasteiger partial charge on any atom is -0.493 e. The molecule has 0 radical (unpaired) electrons. The van der Waals surface area contributed by atoms with Gasteiger partial charge >= 0.3 is 0 Å². The number of nitrogens with zero attached hydrogens (tertiary/aromatic N) is 1. The molecule has 1 unspecified atom stereocenters. The molecule has 1 fully saturated rings. The van der Waals surface area contributed by atoms with Crippen LogP contribution in [0.1, 0.15) is 12.0 Å². The van der Waals surface area contributed by atoms with Crippen LogP contribution in [0, 0.1) is 0 Å². The third-order valence-electron chi connectivity index (χ3n) is 4.72. The molecule has 0 spiro atoms. The lowest BCUT2D eigenvalue weighted by atomic mass is 10.1. The van der Waals surface area contributed by atoms with E-state index in [1.807, 2.05) is 0 Å².